The molecule has 1 aliphatic heterocycles. The zero-order chi connectivity index (χ0) is 28.1. The molecule has 0 N–H and O–H groups in total. The van der Waals surface area contributed by atoms with Gasteiger partial charge in [-0.25, -0.2) is 4.98 Å². The molecule has 5 nitrogen and oxygen atoms in total. The first-order valence-electron chi connectivity index (χ1n) is 12.4. The van der Waals surface area contributed by atoms with Crippen LogP contribution in [0.1, 0.15) is 54.4 Å². The molecule has 0 bridgehead atoms. The van der Waals surface area contributed by atoms with E-state index in [0.717, 1.165) is 54.0 Å². The lowest BCUT2D eigenvalue weighted by Crippen LogP contribution is -2.35. The fourth-order valence-corrected chi connectivity index (χ4v) is 3.73. The van der Waals surface area contributed by atoms with E-state index in [2.05, 4.69) is 41.9 Å². The van der Waals surface area contributed by atoms with Crippen molar-refractivity contribution in [2.45, 2.75) is 67.0 Å². The van der Waals surface area contributed by atoms with Crippen LogP contribution in [-0.4, -0.2) is 42.3 Å². The molecule has 1 aromatic heterocycles. The van der Waals surface area contributed by atoms with E-state index >= 15 is 0 Å². The van der Waals surface area contributed by atoms with Crippen molar-refractivity contribution in [2.75, 3.05) is 31.5 Å². The van der Waals surface area contributed by atoms with Crippen molar-refractivity contribution in [3.63, 3.8) is 0 Å². The number of nitrogens with zero attached hydrogens (tertiary/aromatic N) is 3. The summed E-state index contributed by atoms with van der Waals surface area (Å²) in [7, 11) is 3.36. The zero-order valence-electron chi connectivity index (χ0n) is 23.4. The van der Waals surface area contributed by atoms with E-state index in [-0.39, 0.29) is 6.10 Å². The van der Waals surface area contributed by atoms with Crippen molar-refractivity contribution in [3.05, 3.63) is 46.1 Å². The summed E-state index contributed by atoms with van der Waals surface area (Å²) in [5.41, 5.74) is 0.929. The Kier molecular flexibility index (Phi) is 21.7. The summed E-state index contributed by atoms with van der Waals surface area (Å²) < 4.78 is 13.0. The zero-order valence-corrected chi connectivity index (χ0v) is 24.9. The van der Waals surface area contributed by atoms with E-state index in [1.807, 2.05) is 65.0 Å². The molecule has 202 valence electrons. The van der Waals surface area contributed by atoms with Gasteiger partial charge in [0, 0.05) is 32.1 Å². The Morgan fingerprint density at radius 3 is 2.25 bits per heavy atom. The molecule has 1 aliphatic rings. The first kappa shape index (κ1) is 35.8. The van der Waals surface area contributed by atoms with Crippen molar-refractivity contribution in [1.29, 1.82) is 0 Å². The maximum atomic E-state index is 6.48. The van der Waals surface area contributed by atoms with Crippen LogP contribution in [0.15, 0.2) is 30.4 Å². The van der Waals surface area contributed by atoms with Gasteiger partial charge in [-0.1, -0.05) is 65.0 Å². The molecule has 0 fully saturated rings. The van der Waals surface area contributed by atoms with Crippen LogP contribution in [-0.2, 0) is 11.3 Å². The average molecular weight is 539 g/mol. The van der Waals surface area contributed by atoms with Gasteiger partial charge in [0.2, 0.25) is 5.95 Å². The Balaban J connectivity index is 0. The normalized spacial score (nSPS) is 12.9. The lowest BCUT2D eigenvalue weighted by Gasteiger charge is -2.30. The summed E-state index contributed by atoms with van der Waals surface area (Å²) in [5, 5.41) is 2.44. The number of ether oxygens (including phenoxy) is 2. The summed E-state index contributed by atoms with van der Waals surface area (Å²) >= 11 is 11.7. The lowest BCUT2D eigenvalue weighted by atomic mass is 10.2. The Morgan fingerprint density at radius 1 is 1.17 bits per heavy atom. The van der Waals surface area contributed by atoms with Gasteiger partial charge < -0.3 is 18.9 Å². The van der Waals surface area contributed by atoms with Crippen LogP contribution in [0.4, 0.5) is 11.6 Å². The van der Waals surface area contributed by atoms with Crippen molar-refractivity contribution in [2.24, 2.45) is 0 Å². The molecule has 1 atom stereocenters. The quantitative estimate of drug-likeness (QED) is 0.230. The third kappa shape index (κ3) is 10.7. The van der Waals surface area contributed by atoms with Crippen LogP contribution in [0.5, 0.6) is 5.75 Å². The molecule has 0 saturated carbocycles. The van der Waals surface area contributed by atoms with Gasteiger partial charge in [0.1, 0.15) is 5.75 Å². The number of halogens is 2. The highest BCUT2D eigenvalue weighted by Gasteiger charge is 2.23. The van der Waals surface area contributed by atoms with Gasteiger partial charge in [-0.15, -0.1) is 24.4 Å². The molecule has 3 rings (SSSR count). The monoisotopic (exact) mass is 537 g/mol. The molecule has 2 aromatic rings. The lowest BCUT2D eigenvalue weighted by molar-refractivity contribution is 0.149. The number of fused-ring (bicyclic) bond motifs is 1. The number of hydrogen-bond donors (Lipinski definition) is 0. The van der Waals surface area contributed by atoms with Crippen LogP contribution in [0.3, 0.4) is 0 Å². The topological polar surface area (TPSA) is 39.5 Å². The average Bonchev–Trinajstić information content (AvgIpc) is 3.26. The van der Waals surface area contributed by atoms with Gasteiger partial charge in [0.05, 0.1) is 34.6 Å². The predicted octanol–water partition coefficient (Wildman–Crippen LogP) is 6.81. The van der Waals surface area contributed by atoms with E-state index in [1.165, 1.54) is 0 Å². The molecule has 0 spiro atoms. The SMILES string of the molecule is C#C.C/C=C\CCl.C=c1nc2n(/c1=C\C(CC)OC)CCCN2c1ccc(OC)cc1Cl.CC.CC. The maximum Gasteiger partial charge on any atom is 0.211 e. The number of anilines is 2. The maximum absolute atomic E-state index is 6.48. The Bertz CT molecular complexity index is 996. The van der Waals surface area contributed by atoms with Gasteiger partial charge in [0.25, 0.3) is 0 Å². The summed E-state index contributed by atoms with van der Waals surface area (Å²) in [6, 6.07) is 5.72. The minimum absolute atomic E-state index is 0.0567. The summed E-state index contributed by atoms with van der Waals surface area (Å²) in [6.07, 6.45) is 15.9. The van der Waals surface area contributed by atoms with Crippen molar-refractivity contribution < 1.29 is 9.47 Å². The molecule has 1 unspecified atom stereocenters. The highest BCUT2D eigenvalue weighted by molar-refractivity contribution is 6.33. The van der Waals surface area contributed by atoms with E-state index < -0.39 is 0 Å². The fourth-order valence-electron chi connectivity index (χ4n) is 3.28. The third-order valence-corrected chi connectivity index (χ3v) is 5.37. The fraction of sp³-hybridized carbons (Fsp3) is 0.483. The van der Waals surface area contributed by atoms with Gasteiger partial charge in [-0.3, -0.25) is 0 Å². The minimum atomic E-state index is 0.0567. The summed E-state index contributed by atoms with van der Waals surface area (Å²) in [5.74, 6) is 2.25. The van der Waals surface area contributed by atoms with Gasteiger partial charge in [-0.05, 0) is 38.0 Å². The number of hydrogen-bond acceptors (Lipinski definition) is 4. The first-order valence-corrected chi connectivity index (χ1v) is 13.3. The molecule has 2 heterocycles. The van der Waals surface area contributed by atoms with Crippen molar-refractivity contribution >= 4 is 47.5 Å². The number of rotatable bonds is 6. The standard InChI is InChI=1S/C19H24ClN3O2.C4H7Cl.2C2H6.C2H2/c1-5-14(24-3)12-18-13(2)21-19-22(9-6-10-23(18)19)17-8-7-15(25-4)11-16(17)20;1-2-3-4-5;3*1-2/h7-8,11-12,14H,2,5-6,9-10H2,1,3-4H3;2-3H,4H2,1H3;2*1-2H3;1-2H/b18-12-;3-2-;;;. The third-order valence-electron chi connectivity index (χ3n) is 4.89. The van der Waals surface area contributed by atoms with E-state index in [1.54, 1.807) is 14.2 Å². The number of methoxy groups -OCH3 is 2. The van der Waals surface area contributed by atoms with E-state index in [4.69, 9.17) is 37.7 Å². The number of alkyl halides is 1. The Hall–Kier alpha value is -2.39. The second kappa shape index (κ2) is 21.9. The smallest absolute Gasteiger partial charge is 0.211 e. The number of allylic oxidation sites excluding steroid dienone is 2. The van der Waals surface area contributed by atoms with Crippen molar-refractivity contribution in [3.8, 4) is 18.6 Å². The van der Waals surface area contributed by atoms with Crippen LogP contribution in [0.2, 0.25) is 5.02 Å². The highest BCUT2D eigenvalue weighted by Crippen LogP contribution is 2.34. The number of imidazole rings is 1. The minimum Gasteiger partial charge on any atom is -0.497 e. The number of terminal acetylenes is 1. The van der Waals surface area contributed by atoms with Crippen LogP contribution in [0, 0.1) is 12.8 Å². The molecule has 0 aliphatic carbocycles. The largest absolute Gasteiger partial charge is 0.497 e. The molecular weight excluding hydrogens is 493 g/mol. The second-order valence-electron chi connectivity index (χ2n) is 6.79. The Labute approximate surface area is 229 Å². The molecule has 0 radical (unpaired) electrons. The van der Waals surface area contributed by atoms with Crippen molar-refractivity contribution in [1.82, 2.24) is 9.55 Å². The van der Waals surface area contributed by atoms with Crippen LogP contribution < -0.4 is 20.3 Å². The van der Waals surface area contributed by atoms with Gasteiger partial charge in [0.15, 0.2) is 0 Å². The second-order valence-corrected chi connectivity index (χ2v) is 7.51. The molecular formula is C29H45Cl2N3O2. The number of aromatic nitrogens is 2. The Morgan fingerprint density at radius 2 is 1.81 bits per heavy atom. The van der Waals surface area contributed by atoms with Crippen LogP contribution in [0.25, 0.3) is 12.7 Å². The summed E-state index contributed by atoms with van der Waals surface area (Å²) in [4.78, 5) is 6.86. The van der Waals surface area contributed by atoms with Gasteiger partial charge in [-0.2, -0.15) is 0 Å². The van der Waals surface area contributed by atoms with Crippen LogP contribution >= 0.6 is 23.2 Å². The molecule has 0 amide bonds. The molecule has 1 aromatic carbocycles. The molecule has 36 heavy (non-hydrogen) atoms. The van der Waals surface area contributed by atoms with E-state index in [0.29, 0.717) is 10.9 Å². The molecule has 0 saturated heterocycles. The summed E-state index contributed by atoms with van der Waals surface area (Å²) in [6.45, 7) is 18.0. The number of benzene rings is 1. The highest BCUT2D eigenvalue weighted by atomic mass is 35.5. The molecule has 7 heteroatoms. The first-order chi connectivity index (χ1) is 17.5. The predicted molar refractivity (Wildman–Crippen MR) is 160 cm³/mol. The van der Waals surface area contributed by atoms with E-state index in [9.17, 15) is 0 Å². The van der Waals surface area contributed by atoms with Gasteiger partial charge >= 0.3 is 0 Å².